The number of aliphatic hydroxyl groups excluding tert-OH is 3. The summed E-state index contributed by atoms with van der Waals surface area (Å²) in [5.74, 6) is -13.6. The number of ether oxygens (including phenoxy) is 1. The molecule has 1 heterocycles. The third kappa shape index (κ3) is 30.4. The standard InChI is InChI=1S/C70H113N15O16/c1-17-39(6)50-63(97)82-51(40(7)87)62(96)74-35-49(88)75-45(32-41-25-20-18-21-26-41)58(92)79-48(36-86)61(95)83-52(42-27-22-19-23-28-42)53(84-60(94)46(33-68(8,9)10)78-59(93)47(34-69(11,12)13)80-67(100)101-70(14,15)16)64(98)85-54(55(89)38(4)5)65(99)77-44(31-37(2)3)57(91)76-43(56(90)81-50)29-24-30-73-66(71)72/h18-23,25-28,37-40,43-48,50-55,86-87,89H,17,24,29-36H2,1-16H3,(H,74,96)(H,75,88)(H,76,91)(H,77,99)(H,78,93)(H,79,92)(H,80,100)(H,81,90)(H,82,97)(H,83,95)(H,84,94)(H,85,98)(H4,71,72,73)/t39-,40-,43+,44-,45-,46-,47+,48-,50-,51-,52+,53-,54-,55+/m0/s1. The average Bonchev–Trinajstić information content (AvgIpc) is 0.812. The number of aliphatic imine (C=N–C) groups is 1. The second-order valence-corrected chi connectivity index (χ2v) is 30.0. The lowest BCUT2D eigenvalue weighted by molar-refractivity contribution is -0.139. The molecule has 0 unspecified atom stereocenters. The van der Waals surface area contributed by atoms with Gasteiger partial charge < -0.3 is 95.3 Å². The van der Waals surface area contributed by atoms with Crippen molar-refractivity contribution in [2.24, 2.45) is 45.0 Å². The van der Waals surface area contributed by atoms with Crippen LogP contribution in [-0.2, 0) is 63.9 Å². The number of nitrogens with two attached hydrogens (primary N) is 2. The van der Waals surface area contributed by atoms with E-state index in [1.165, 1.54) is 45.0 Å². The first-order valence-electron chi connectivity index (χ1n) is 34.4. The van der Waals surface area contributed by atoms with Crippen molar-refractivity contribution in [2.75, 3.05) is 19.7 Å². The van der Waals surface area contributed by atoms with Crippen molar-refractivity contribution < 1.29 is 77.6 Å². The van der Waals surface area contributed by atoms with E-state index < -0.39 is 191 Å². The highest BCUT2D eigenvalue weighted by molar-refractivity contribution is 6.00. The van der Waals surface area contributed by atoms with Gasteiger partial charge in [0, 0.05) is 13.0 Å². The summed E-state index contributed by atoms with van der Waals surface area (Å²) in [6, 6.07) is -2.53. The molecule has 0 bridgehead atoms. The van der Waals surface area contributed by atoms with Crippen LogP contribution in [0.2, 0.25) is 0 Å². The summed E-state index contributed by atoms with van der Waals surface area (Å²) < 4.78 is 5.51. The largest absolute Gasteiger partial charge is 0.444 e. The molecule has 31 heteroatoms. The van der Waals surface area contributed by atoms with E-state index in [1.807, 2.05) is 20.8 Å². The summed E-state index contributed by atoms with van der Waals surface area (Å²) in [4.78, 5) is 180. The SMILES string of the molecule is CC[C@H](C)[C@@H]1NC(=O)[C@@H](CCCN=C(N)N)NC(=O)[C@H](CC(C)C)NC(=O)[C@H]([C@H](O)C(C)C)NC(=O)[C@@H](NC(=O)[C@H](CC(C)(C)C)NC(=O)[C@@H](CC(C)(C)C)NC(=O)OC(C)(C)C)[C@@H](c2ccccc2)NC(=O)[C@H](CO)NC(=O)[C@H](Cc2ccccc2)NC(=O)CNC(=O)[C@H]([C@H](C)O)NC1=O. The molecule has 1 saturated heterocycles. The fourth-order valence-electron chi connectivity index (χ4n) is 10.8. The fraction of sp³-hybridized carbons (Fsp3) is 0.643. The first-order valence-corrected chi connectivity index (χ1v) is 34.4. The van der Waals surface area contributed by atoms with Gasteiger partial charge in [-0.3, -0.25) is 57.7 Å². The van der Waals surface area contributed by atoms with E-state index in [1.54, 1.807) is 106 Å². The van der Waals surface area contributed by atoms with Gasteiger partial charge in [0.1, 0.15) is 66.0 Å². The number of benzene rings is 2. The number of carbonyl (C=O) groups is 12. The molecule has 0 saturated carbocycles. The van der Waals surface area contributed by atoms with Gasteiger partial charge in [-0.15, -0.1) is 0 Å². The number of rotatable bonds is 22. The van der Waals surface area contributed by atoms with Crippen LogP contribution in [0.25, 0.3) is 0 Å². The van der Waals surface area contributed by atoms with Crippen molar-refractivity contribution >= 4 is 77.0 Å². The monoisotopic (exact) mass is 1420 g/mol. The molecule has 1 aliphatic heterocycles. The van der Waals surface area contributed by atoms with Crippen molar-refractivity contribution in [3.63, 3.8) is 0 Å². The van der Waals surface area contributed by atoms with Gasteiger partial charge >= 0.3 is 6.09 Å². The predicted octanol–water partition coefficient (Wildman–Crippen LogP) is -0.119. The van der Waals surface area contributed by atoms with Crippen LogP contribution in [0.15, 0.2) is 65.7 Å². The fourth-order valence-corrected chi connectivity index (χ4v) is 10.8. The molecule has 0 spiro atoms. The molecule has 0 radical (unpaired) electrons. The highest BCUT2D eigenvalue weighted by atomic mass is 16.6. The molecular formula is C70H113N15O16. The number of alkyl carbamates (subject to hydrolysis) is 1. The minimum absolute atomic E-state index is 0.0304. The summed E-state index contributed by atoms with van der Waals surface area (Å²) in [6.45, 7) is 24.7. The Hall–Kier alpha value is -8.97. The number of nitrogens with zero attached hydrogens (tertiary/aromatic N) is 1. The van der Waals surface area contributed by atoms with Crippen LogP contribution < -0.4 is 75.3 Å². The minimum atomic E-state index is -2.09. The Balaban J connectivity index is 2.48. The predicted molar refractivity (Wildman–Crippen MR) is 378 cm³/mol. The Morgan fingerprint density at radius 2 is 1.10 bits per heavy atom. The number of hydrogen-bond donors (Lipinski definition) is 17. The second-order valence-electron chi connectivity index (χ2n) is 30.0. The van der Waals surface area contributed by atoms with Gasteiger partial charge in [-0.25, -0.2) is 4.79 Å². The van der Waals surface area contributed by atoms with E-state index in [-0.39, 0.29) is 68.9 Å². The van der Waals surface area contributed by atoms with Crippen LogP contribution in [-0.4, -0.2) is 190 Å². The molecular weight excluding hydrogens is 1310 g/mol. The van der Waals surface area contributed by atoms with Crippen LogP contribution in [0.5, 0.6) is 0 Å². The maximum Gasteiger partial charge on any atom is 0.408 e. The van der Waals surface area contributed by atoms with Gasteiger partial charge in [0.05, 0.1) is 31.4 Å². The van der Waals surface area contributed by atoms with E-state index in [0.29, 0.717) is 5.56 Å². The molecule has 3 rings (SSSR count). The van der Waals surface area contributed by atoms with Crippen LogP contribution >= 0.6 is 0 Å². The van der Waals surface area contributed by atoms with Crippen LogP contribution in [0, 0.1) is 28.6 Å². The van der Waals surface area contributed by atoms with Crippen LogP contribution in [0.1, 0.15) is 166 Å². The van der Waals surface area contributed by atoms with Gasteiger partial charge in [-0.1, -0.05) is 150 Å². The molecule has 2 aromatic carbocycles. The smallest absolute Gasteiger partial charge is 0.408 e. The molecule has 101 heavy (non-hydrogen) atoms. The topological polar surface area (TPSA) is 484 Å². The van der Waals surface area contributed by atoms with Crippen molar-refractivity contribution in [2.45, 2.75) is 240 Å². The van der Waals surface area contributed by atoms with Gasteiger partial charge in [0.15, 0.2) is 5.96 Å². The summed E-state index contributed by atoms with van der Waals surface area (Å²) in [6.07, 6.45) is -4.62. The molecule has 0 aromatic heterocycles. The molecule has 31 nitrogen and oxygen atoms in total. The molecule has 2 aromatic rings. The molecule has 19 N–H and O–H groups in total. The lowest BCUT2D eigenvalue weighted by Gasteiger charge is -2.35. The Morgan fingerprint density at radius 1 is 0.594 bits per heavy atom. The third-order valence-electron chi connectivity index (χ3n) is 16.2. The number of aliphatic hydroxyl groups is 3. The normalized spacial score (nSPS) is 23.3. The summed E-state index contributed by atoms with van der Waals surface area (Å²) in [5.41, 5.74) is 9.44. The van der Waals surface area contributed by atoms with Gasteiger partial charge in [0.2, 0.25) is 65.0 Å². The molecule has 1 fully saturated rings. The summed E-state index contributed by atoms with van der Waals surface area (Å²) in [5, 5.41) is 65.2. The first kappa shape index (κ1) is 86.3. The Morgan fingerprint density at radius 3 is 1.62 bits per heavy atom. The van der Waals surface area contributed by atoms with E-state index >= 15 is 19.2 Å². The van der Waals surface area contributed by atoms with E-state index in [9.17, 15) is 53.7 Å². The second kappa shape index (κ2) is 39.9. The first-order chi connectivity index (χ1) is 46.9. The Labute approximate surface area is 592 Å². The number of guanidine groups is 1. The lowest BCUT2D eigenvalue weighted by Crippen LogP contribution is -2.65. The van der Waals surface area contributed by atoms with Gasteiger partial charge in [-0.2, -0.15) is 0 Å². The van der Waals surface area contributed by atoms with Gasteiger partial charge in [-0.05, 0) is 99.5 Å². The number of carbonyl (C=O) groups excluding carboxylic acids is 12. The molecule has 564 valence electrons. The zero-order valence-corrected chi connectivity index (χ0v) is 61.3. The quantitative estimate of drug-likeness (QED) is 0.0415. The van der Waals surface area contributed by atoms with Crippen molar-refractivity contribution in [3.8, 4) is 0 Å². The van der Waals surface area contributed by atoms with Crippen molar-refractivity contribution in [1.29, 1.82) is 0 Å². The van der Waals surface area contributed by atoms with Gasteiger partial charge in [0.25, 0.3) is 0 Å². The minimum Gasteiger partial charge on any atom is -0.444 e. The molecule has 14 atom stereocenters. The average molecular weight is 1420 g/mol. The maximum atomic E-state index is 15.8. The van der Waals surface area contributed by atoms with E-state index in [2.05, 4.69) is 68.8 Å². The number of hydrogen-bond acceptors (Lipinski definition) is 17. The molecule has 12 amide bonds. The highest BCUT2D eigenvalue weighted by Gasteiger charge is 2.43. The van der Waals surface area contributed by atoms with Crippen molar-refractivity contribution in [1.82, 2.24) is 63.8 Å². The Bertz CT molecular complexity index is 3150. The Kier molecular flexibility index (Phi) is 34.1. The summed E-state index contributed by atoms with van der Waals surface area (Å²) in [7, 11) is 0. The zero-order valence-electron chi connectivity index (χ0n) is 61.3. The number of nitrogens with one attached hydrogen (secondary N) is 12. The molecule has 1 aliphatic rings. The van der Waals surface area contributed by atoms with E-state index in [4.69, 9.17) is 16.2 Å². The maximum absolute atomic E-state index is 15.8. The van der Waals surface area contributed by atoms with E-state index in [0.717, 1.165) is 0 Å². The van der Waals surface area contributed by atoms with Crippen LogP contribution in [0.4, 0.5) is 4.79 Å². The summed E-state index contributed by atoms with van der Waals surface area (Å²) >= 11 is 0. The number of amides is 12. The molecule has 0 aliphatic carbocycles. The third-order valence-corrected chi connectivity index (χ3v) is 16.2. The van der Waals surface area contributed by atoms with Crippen LogP contribution in [0.3, 0.4) is 0 Å². The lowest BCUT2D eigenvalue weighted by atomic mass is 9.86. The highest BCUT2D eigenvalue weighted by Crippen LogP contribution is 2.26. The zero-order chi connectivity index (χ0) is 76.4. The van der Waals surface area contributed by atoms with Crippen molar-refractivity contribution in [3.05, 3.63) is 71.8 Å².